The molecule has 0 saturated carbocycles. The molecule has 0 aliphatic heterocycles. The van der Waals surface area contributed by atoms with Gasteiger partial charge in [0.05, 0.1) is 23.3 Å². The van der Waals surface area contributed by atoms with Crippen LogP contribution in [0.25, 0.3) is 16.7 Å². The maximum Gasteiger partial charge on any atom is 0.258 e. The van der Waals surface area contributed by atoms with Crippen molar-refractivity contribution in [2.24, 2.45) is 0 Å². The normalized spacial score (nSPS) is 11.1. The SMILES string of the molecule is O=c1cc(OCc2ccc(O)c(O)c2)ccn1-c1ccc2nc(CCO)[nH]c2c1. The number of nitrogens with one attached hydrogen (secondary N) is 1. The largest absolute Gasteiger partial charge is 0.504 e. The summed E-state index contributed by atoms with van der Waals surface area (Å²) in [6, 6.07) is 12.9. The van der Waals surface area contributed by atoms with Gasteiger partial charge in [0.15, 0.2) is 11.5 Å². The Balaban J connectivity index is 1.54. The first-order chi connectivity index (χ1) is 14.0. The van der Waals surface area contributed by atoms with Gasteiger partial charge in [0, 0.05) is 18.7 Å². The van der Waals surface area contributed by atoms with Crippen molar-refractivity contribution in [1.29, 1.82) is 0 Å². The van der Waals surface area contributed by atoms with Crippen LogP contribution in [0.2, 0.25) is 0 Å². The molecule has 8 nitrogen and oxygen atoms in total. The van der Waals surface area contributed by atoms with Crippen LogP contribution in [0.1, 0.15) is 11.4 Å². The van der Waals surface area contributed by atoms with Crippen molar-refractivity contribution in [2.75, 3.05) is 6.61 Å². The highest BCUT2D eigenvalue weighted by Crippen LogP contribution is 2.25. The standard InChI is InChI=1S/C21H19N3O5/c25-8-6-20-22-16-3-2-14(10-17(16)23-20)24-7-5-15(11-21(24)28)29-12-13-1-4-18(26)19(27)9-13/h1-5,7,9-11,25-27H,6,8,12H2,(H,22,23). The third-order valence-corrected chi connectivity index (χ3v) is 4.48. The second-order valence-electron chi connectivity index (χ2n) is 6.54. The number of rotatable bonds is 6. The van der Waals surface area contributed by atoms with Gasteiger partial charge in [-0.1, -0.05) is 6.07 Å². The molecule has 0 spiro atoms. The smallest absolute Gasteiger partial charge is 0.258 e. The number of aromatic nitrogens is 3. The van der Waals surface area contributed by atoms with Crippen LogP contribution in [0.4, 0.5) is 0 Å². The number of aliphatic hydroxyl groups is 1. The highest BCUT2D eigenvalue weighted by molar-refractivity contribution is 5.77. The average Bonchev–Trinajstić information content (AvgIpc) is 3.11. The summed E-state index contributed by atoms with van der Waals surface area (Å²) in [5, 5.41) is 27.9. The van der Waals surface area contributed by atoms with Gasteiger partial charge in [-0.15, -0.1) is 0 Å². The molecule has 4 rings (SSSR count). The highest BCUT2D eigenvalue weighted by Gasteiger charge is 2.07. The number of hydrogen-bond acceptors (Lipinski definition) is 6. The molecule has 4 aromatic rings. The Bertz CT molecular complexity index is 1230. The first kappa shape index (κ1) is 18.6. The lowest BCUT2D eigenvalue weighted by Crippen LogP contribution is -2.16. The molecule has 0 saturated heterocycles. The van der Waals surface area contributed by atoms with Gasteiger partial charge in [-0.25, -0.2) is 4.98 Å². The number of imidazole rings is 1. The predicted molar refractivity (Wildman–Crippen MR) is 107 cm³/mol. The second-order valence-corrected chi connectivity index (χ2v) is 6.54. The van der Waals surface area contributed by atoms with Gasteiger partial charge in [-0.3, -0.25) is 9.36 Å². The molecule has 0 atom stereocenters. The number of aromatic amines is 1. The van der Waals surface area contributed by atoms with Gasteiger partial charge in [0.1, 0.15) is 18.2 Å². The molecule has 4 N–H and O–H groups in total. The molecule has 0 fully saturated rings. The molecule has 2 aromatic carbocycles. The fourth-order valence-corrected chi connectivity index (χ4v) is 3.01. The van der Waals surface area contributed by atoms with Crippen molar-refractivity contribution in [1.82, 2.24) is 14.5 Å². The van der Waals surface area contributed by atoms with Crippen LogP contribution in [0.3, 0.4) is 0 Å². The molecule has 148 valence electrons. The number of fused-ring (bicyclic) bond motifs is 1. The van der Waals surface area contributed by atoms with Crippen molar-refractivity contribution in [3.8, 4) is 22.9 Å². The number of ether oxygens (including phenoxy) is 1. The van der Waals surface area contributed by atoms with Crippen LogP contribution in [0, 0.1) is 0 Å². The molecule has 0 bridgehead atoms. The third-order valence-electron chi connectivity index (χ3n) is 4.48. The van der Waals surface area contributed by atoms with E-state index in [1.807, 2.05) is 12.1 Å². The van der Waals surface area contributed by atoms with E-state index in [1.165, 1.54) is 22.8 Å². The Morgan fingerprint density at radius 3 is 2.66 bits per heavy atom. The van der Waals surface area contributed by atoms with Gasteiger partial charge in [-0.05, 0) is 42.0 Å². The van der Waals surface area contributed by atoms with Crippen molar-refractivity contribution in [3.05, 3.63) is 76.5 Å². The molecule has 8 heteroatoms. The zero-order valence-corrected chi connectivity index (χ0v) is 15.4. The summed E-state index contributed by atoms with van der Waals surface area (Å²) in [5.41, 5.74) is 2.63. The number of aromatic hydroxyl groups is 2. The maximum atomic E-state index is 12.5. The number of phenolic OH excluding ortho intramolecular Hbond substituents is 2. The summed E-state index contributed by atoms with van der Waals surface area (Å²) in [6.45, 7) is 0.155. The molecule has 0 amide bonds. The van der Waals surface area contributed by atoms with E-state index in [9.17, 15) is 15.0 Å². The minimum atomic E-state index is -0.259. The molecule has 0 aliphatic rings. The van der Waals surface area contributed by atoms with E-state index in [2.05, 4.69) is 9.97 Å². The van der Waals surface area contributed by atoms with Gasteiger partial charge in [-0.2, -0.15) is 0 Å². The van der Waals surface area contributed by atoms with Crippen molar-refractivity contribution in [3.63, 3.8) is 0 Å². The summed E-state index contributed by atoms with van der Waals surface area (Å²) >= 11 is 0. The summed E-state index contributed by atoms with van der Waals surface area (Å²) in [7, 11) is 0. The number of benzene rings is 2. The summed E-state index contributed by atoms with van der Waals surface area (Å²) in [5.74, 6) is 0.662. The number of nitrogens with zero attached hydrogens (tertiary/aromatic N) is 2. The predicted octanol–water partition coefficient (Wildman–Crippen LogP) is 2.24. The monoisotopic (exact) mass is 393 g/mol. The Morgan fingerprint density at radius 2 is 1.90 bits per heavy atom. The number of aliphatic hydroxyl groups excluding tert-OH is 1. The lowest BCUT2D eigenvalue weighted by Gasteiger charge is -2.09. The fourth-order valence-electron chi connectivity index (χ4n) is 3.01. The minimum absolute atomic E-state index is 0.0113. The molecular weight excluding hydrogens is 374 g/mol. The van der Waals surface area contributed by atoms with Crippen molar-refractivity contribution in [2.45, 2.75) is 13.0 Å². The van der Waals surface area contributed by atoms with E-state index in [4.69, 9.17) is 9.84 Å². The zero-order chi connectivity index (χ0) is 20.4. The minimum Gasteiger partial charge on any atom is -0.504 e. The fraction of sp³-hybridized carbons (Fsp3) is 0.143. The Labute approximate surface area is 165 Å². The third kappa shape index (κ3) is 3.92. The lowest BCUT2D eigenvalue weighted by molar-refractivity contribution is 0.297. The molecule has 29 heavy (non-hydrogen) atoms. The number of pyridine rings is 1. The lowest BCUT2D eigenvalue weighted by atomic mass is 10.2. The highest BCUT2D eigenvalue weighted by atomic mass is 16.5. The van der Waals surface area contributed by atoms with Crippen LogP contribution in [0.15, 0.2) is 59.5 Å². The van der Waals surface area contributed by atoms with Crippen LogP contribution < -0.4 is 10.3 Å². The van der Waals surface area contributed by atoms with Gasteiger partial charge in [0.2, 0.25) is 0 Å². The van der Waals surface area contributed by atoms with Gasteiger partial charge < -0.3 is 25.0 Å². The van der Waals surface area contributed by atoms with E-state index in [0.717, 1.165) is 11.0 Å². The summed E-state index contributed by atoms with van der Waals surface area (Å²) < 4.78 is 7.10. The number of H-pyrrole nitrogens is 1. The van der Waals surface area contributed by atoms with E-state index in [-0.39, 0.29) is 30.3 Å². The molecule has 0 aliphatic carbocycles. The van der Waals surface area contributed by atoms with E-state index >= 15 is 0 Å². The maximum absolute atomic E-state index is 12.5. The topological polar surface area (TPSA) is 121 Å². The van der Waals surface area contributed by atoms with E-state index < -0.39 is 0 Å². The van der Waals surface area contributed by atoms with Crippen molar-refractivity contribution >= 4 is 11.0 Å². The van der Waals surface area contributed by atoms with Crippen LogP contribution in [0.5, 0.6) is 17.2 Å². The van der Waals surface area contributed by atoms with Crippen molar-refractivity contribution < 1.29 is 20.1 Å². The van der Waals surface area contributed by atoms with Gasteiger partial charge in [0.25, 0.3) is 5.56 Å². The zero-order valence-electron chi connectivity index (χ0n) is 15.4. The number of phenols is 2. The Kier molecular flexibility index (Phi) is 4.92. The molecule has 0 radical (unpaired) electrons. The van der Waals surface area contributed by atoms with E-state index in [0.29, 0.717) is 29.2 Å². The number of hydrogen-bond donors (Lipinski definition) is 4. The first-order valence-electron chi connectivity index (χ1n) is 9.00. The molecular formula is C21H19N3O5. The average molecular weight is 393 g/mol. The quantitative estimate of drug-likeness (QED) is 0.373. The molecule has 2 heterocycles. The van der Waals surface area contributed by atoms with Crippen LogP contribution >= 0.6 is 0 Å². The summed E-state index contributed by atoms with van der Waals surface area (Å²) in [4.78, 5) is 20.1. The molecule has 2 aromatic heterocycles. The Morgan fingerprint density at radius 1 is 1.03 bits per heavy atom. The van der Waals surface area contributed by atoms with Gasteiger partial charge >= 0.3 is 0 Å². The summed E-state index contributed by atoms with van der Waals surface area (Å²) in [6.07, 6.45) is 2.06. The van der Waals surface area contributed by atoms with Crippen LogP contribution in [-0.2, 0) is 13.0 Å². The second kappa shape index (κ2) is 7.69. The Hall–Kier alpha value is -3.78. The van der Waals surface area contributed by atoms with E-state index in [1.54, 1.807) is 24.4 Å². The molecule has 0 unspecified atom stereocenters. The van der Waals surface area contributed by atoms with Crippen LogP contribution in [-0.4, -0.2) is 36.5 Å². The first-order valence-corrected chi connectivity index (χ1v) is 9.00.